The van der Waals surface area contributed by atoms with E-state index in [1.54, 1.807) is 12.1 Å². The summed E-state index contributed by atoms with van der Waals surface area (Å²) in [6, 6.07) is 5.28. The second-order valence-corrected chi connectivity index (χ2v) is 4.95. The third kappa shape index (κ3) is 2.28. The number of nitrogens with one attached hydrogen (secondary N) is 1. The molecule has 0 spiro atoms. The molecule has 0 saturated heterocycles. The van der Waals surface area contributed by atoms with Gasteiger partial charge in [0, 0.05) is 11.2 Å². The normalized spacial score (nSPS) is 17.3. The van der Waals surface area contributed by atoms with E-state index in [1.807, 2.05) is 13.0 Å². The minimum absolute atomic E-state index is 0.246. The molecule has 0 bridgehead atoms. The Balaban J connectivity index is 2.19. The van der Waals surface area contributed by atoms with E-state index >= 15 is 0 Å². The molecule has 1 aromatic rings. The molecule has 92 valence electrons. The first-order valence-corrected chi connectivity index (χ1v) is 6.18. The van der Waals surface area contributed by atoms with Crippen LogP contribution in [0.25, 0.3) is 0 Å². The fourth-order valence-electron chi connectivity index (χ4n) is 2.39. The molecule has 3 heteroatoms. The average molecular weight is 233 g/mol. The molecule has 0 aliphatic heterocycles. The van der Waals surface area contributed by atoms with Gasteiger partial charge in [-0.1, -0.05) is 6.92 Å². The summed E-state index contributed by atoms with van der Waals surface area (Å²) in [5, 5.41) is 12.5. The van der Waals surface area contributed by atoms with Gasteiger partial charge in [-0.05, 0) is 56.4 Å². The molecular formula is C14H19NO2. The van der Waals surface area contributed by atoms with Gasteiger partial charge in [0.1, 0.15) is 0 Å². The van der Waals surface area contributed by atoms with Crippen molar-refractivity contribution in [2.75, 3.05) is 5.32 Å². The summed E-state index contributed by atoms with van der Waals surface area (Å²) in [7, 11) is 0. The fourth-order valence-corrected chi connectivity index (χ4v) is 2.39. The zero-order valence-electron chi connectivity index (χ0n) is 10.4. The Morgan fingerprint density at radius 3 is 2.59 bits per heavy atom. The molecule has 3 nitrogen and oxygen atoms in total. The van der Waals surface area contributed by atoms with Crippen molar-refractivity contribution in [2.24, 2.45) is 0 Å². The number of hydrogen-bond acceptors (Lipinski definition) is 2. The van der Waals surface area contributed by atoms with Crippen molar-refractivity contribution >= 4 is 11.7 Å². The van der Waals surface area contributed by atoms with Gasteiger partial charge in [0.25, 0.3) is 0 Å². The number of rotatable bonds is 4. The van der Waals surface area contributed by atoms with Crippen LogP contribution in [-0.2, 0) is 0 Å². The number of carboxylic acids is 1. The molecule has 2 rings (SSSR count). The fraction of sp³-hybridized carbons (Fsp3) is 0.500. The van der Waals surface area contributed by atoms with Crippen LogP contribution in [0.3, 0.4) is 0 Å². The van der Waals surface area contributed by atoms with Crippen LogP contribution >= 0.6 is 0 Å². The van der Waals surface area contributed by atoms with Gasteiger partial charge in [-0.15, -0.1) is 0 Å². The van der Waals surface area contributed by atoms with Crippen LogP contribution in [0.5, 0.6) is 0 Å². The average Bonchev–Trinajstić information content (AvgIpc) is 2.25. The predicted molar refractivity (Wildman–Crippen MR) is 68.6 cm³/mol. The molecule has 0 atom stereocenters. The van der Waals surface area contributed by atoms with Gasteiger partial charge in [0.15, 0.2) is 0 Å². The highest BCUT2D eigenvalue weighted by Crippen LogP contribution is 2.38. The predicted octanol–water partition coefficient (Wildman–Crippen LogP) is 3.44. The molecule has 1 fully saturated rings. The van der Waals surface area contributed by atoms with E-state index in [0.717, 1.165) is 17.7 Å². The van der Waals surface area contributed by atoms with Crippen molar-refractivity contribution in [2.45, 2.75) is 45.1 Å². The Labute approximate surface area is 102 Å². The highest BCUT2D eigenvalue weighted by atomic mass is 16.4. The maximum absolute atomic E-state index is 10.9. The minimum atomic E-state index is -0.867. The van der Waals surface area contributed by atoms with Crippen molar-refractivity contribution in [1.82, 2.24) is 0 Å². The lowest BCUT2D eigenvalue weighted by molar-refractivity contribution is 0.0697. The van der Waals surface area contributed by atoms with Gasteiger partial charge in [0.05, 0.1) is 5.56 Å². The number of carbonyl (C=O) groups is 1. The van der Waals surface area contributed by atoms with E-state index in [-0.39, 0.29) is 5.54 Å². The van der Waals surface area contributed by atoms with E-state index < -0.39 is 5.97 Å². The van der Waals surface area contributed by atoms with Gasteiger partial charge in [-0.2, -0.15) is 0 Å². The first-order valence-electron chi connectivity index (χ1n) is 6.18. The molecule has 0 heterocycles. The number of aryl methyl sites for hydroxylation is 1. The molecule has 1 aromatic carbocycles. The van der Waals surface area contributed by atoms with E-state index in [4.69, 9.17) is 5.11 Å². The molecule has 1 saturated carbocycles. The van der Waals surface area contributed by atoms with Crippen molar-refractivity contribution in [3.8, 4) is 0 Å². The van der Waals surface area contributed by atoms with E-state index in [1.165, 1.54) is 19.3 Å². The Hall–Kier alpha value is -1.51. The third-order valence-corrected chi connectivity index (χ3v) is 3.86. The summed E-state index contributed by atoms with van der Waals surface area (Å²) >= 11 is 0. The minimum Gasteiger partial charge on any atom is -0.478 e. The van der Waals surface area contributed by atoms with Crippen LogP contribution in [0, 0.1) is 6.92 Å². The first kappa shape index (κ1) is 12.0. The summed E-state index contributed by atoms with van der Waals surface area (Å²) < 4.78 is 0. The Morgan fingerprint density at radius 2 is 2.18 bits per heavy atom. The highest BCUT2D eigenvalue weighted by molar-refractivity contribution is 5.88. The van der Waals surface area contributed by atoms with Gasteiger partial charge in [-0.3, -0.25) is 0 Å². The molecular weight excluding hydrogens is 214 g/mol. The number of anilines is 1. The van der Waals surface area contributed by atoms with E-state index in [2.05, 4.69) is 12.2 Å². The lowest BCUT2D eigenvalue weighted by Gasteiger charge is -2.43. The van der Waals surface area contributed by atoms with E-state index in [9.17, 15) is 4.79 Å². The largest absolute Gasteiger partial charge is 0.478 e. The second-order valence-electron chi connectivity index (χ2n) is 4.95. The van der Waals surface area contributed by atoms with Gasteiger partial charge < -0.3 is 10.4 Å². The highest BCUT2D eigenvalue weighted by Gasteiger charge is 2.35. The quantitative estimate of drug-likeness (QED) is 0.837. The monoisotopic (exact) mass is 233 g/mol. The molecule has 0 amide bonds. The first-order chi connectivity index (χ1) is 8.06. The Morgan fingerprint density at radius 1 is 1.47 bits per heavy atom. The number of aromatic carboxylic acids is 1. The lowest BCUT2D eigenvalue weighted by Crippen LogP contribution is -2.44. The summed E-state index contributed by atoms with van der Waals surface area (Å²) in [5.74, 6) is -0.867. The number of hydrogen-bond donors (Lipinski definition) is 2. The van der Waals surface area contributed by atoms with Gasteiger partial charge >= 0.3 is 5.97 Å². The van der Waals surface area contributed by atoms with Crippen LogP contribution in [0.4, 0.5) is 5.69 Å². The van der Waals surface area contributed by atoms with Crippen molar-refractivity contribution in [3.63, 3.8) is 0 Å². The maximum Gasteiger partial charge on any atom is 0.335 e. The zero-order valence-corrected chi connectivity index (χ0v) is 10.4. The van der Waals surface area contributed by atoms with Crippen molar-refractivity contribution in [3.05, 3.63) is 29.3 Å². The molecule has 17 heavy (non-hydrogen) atoms. The third-order valence-electron chi connectivity index (χ3n) is 3.86. The maximum atomic E-state index is 10.9. The lowest BCUT2D eigenvalue weighted by atomic mass is 9.74. The van der Waals surface area contributed by atoms with E-state index in [0.29, 0.717) is 5.56 Å². The second kappa shape index (κ2) is 4.40. The smallest absolute Gasteiger partial charge is 0.335 e. The van der Waals surface area contributed by atoms with Gasteiger partial charge in [-0.25, -0.2) is 4.79 Å². The molecule has 0 aromatic heterocycles. The van der Waals surface area contributed by atoms with Gasteiger partial charge in [0.2, 0.25) is 0 Å². The molecule has 2 N–H and O–H groups in total. The van der Waals surface area contributed by atoms with Crippen molar-refractivity contribution < 1.29 is 9.90 Å². The molecule has 0 unspecified atom stereocenters. The summed E-state index contributed by atoms with van der Waals surface area (Å²) in [5.41, 5.74) is 2.67. The van der Waals surface area contributed by atoms with Crippen LogP contribution < -0.4 is 5.32 Å². The Kier molecular flexibility index (Phi) is 3.09. The topological polar surface area (TPSA) is 49.3 Å². The Bertz CT molecular complexity index is 430. The molecule has 0 radical (unpaired) electrons. The molecule has 1 aliphatic carbocycles. The van der Waals surface area contributed by atoms with Crippen LogP contribution in [0.1, 0.15) is 48.5 Å². The van der Waals surface area contributed by atoms with Crippen LogP contribution in [-0.4, -0.2) is 16.6 Å². The SMILES string of the molecule is CCC1(Nc2ccc(C(=O)O)cc2C)CCC1. The summed E-state index contributed by atoms with van der Waals surface area (Å²) in [6.45, 7) is 4.16. The van der Waals surface area contributed by atoms with Crippen LogP contribution in [0.2, 0.25) is 0 Å². The zero-order chi connectivity index (χ0) is 12.5. The standard InChI is InChI=1S/C14H19NO2/c1-3-14(7-4-8-14)15-12-6-5-11(13(16)17)9-10(12)2/h5-6,9,15H,3-4,7-8H2,1-2H3,(H,16,17). The molecule has 1 aliphatic rings. The van der Waals surface area contributed by atoms with Crippen LogP contribution in [0.15, 0.2) is 18.2 Å². The number of benzene rings is 1. The summed E-state index contributed by atoms with van der Waals surface area (Å²) in [4.78, 5) is 10.9. The summed E-state index contributed by atoms with van der Waals surface area (Å²) in [6.07, 6.45) is 4.83. The number of carboxylic acid groups (broad SMARTS) is 1. The van der Waals surface area contributed by atoms with Crippen molar-refractivity contribution in [1.29, 1.82) is 0 Å².